The van der Waals surface area contributed by atoms with Gasteiger partial charge in [-0.05, 0) is 49.6 Å². The Morgan fingerprint density at radius 3 is 2.25 bits per heavy atom. The minimum absolute atomic E-state index is 0.466. The van der Waals surface area contributed by atoms with Crippen LogP contribution >= 0.6 is 23.2 Å². The molecule has 0 saturated carbocycles. The quantitative estimate of drug-likeness (QED) is 0.863. The molecule has 0 heterocycles. The number of aryl methyl sites for hydroxylation is 2. The summed E-state index contributed by atoms with van der Waals surface area (Å²) in [5.74, 6) is 0. The van der Waals surface area contributed by atoms with Crippen molar-refractivity contribution >= 4 is 23.2 Å². The molecular weight excluding hydrogens is 291 g/mol. The van der Waals surface area contributed by atoms with Gasteiger partial charge < -0.3 is 5.11 Å². The van der Waals surface area contributed by atoms with Crippen molar-refractivity contribution in [2.45, 2.75) is 32.8 Å². The van der Waals surface area contributed by atoms with Crippen LogP contribution in [0.3, 0.4) is 0 Å². The molecule has 3 heteroatoms. The average molecular weight is 309 g/mol. The zero-order valence-corrected chi connectivity index (χ0v) is 13.2. The summed E-state index contributed by atoms with van der Waals surface area (Å²) < 4.78 is 0. The van der Waals surface area contributed by atoms with E-state index in [0.717, 1.165) is 11.1 Å². The largest absolute Gasteiger partial charge is 0.392 e. The Morgan fingerprint density at radius 1 is 0.950 bits per heavy atom. The van der Waals surface area contributed by atoms with E-state index in [0.29, 0.717) is 22.9 Å². The first-order chi connectivity index (χ1) is 9.44. The Labute approximate surface area is 130 Å². The van der Waals surface area contributed by atoms with E-state index in [2.05, 4.69) is 32.0 Å². The van der Waals surface area contributed by atoms with Crippen LogP contribution in [0.25, 0.3) is 0 Å². The average Bonchev–Trinajstić information content (AvgIpc) is 2.32. The van der Waals surface area contributed by atoms with Gasteiger partial charge in [-0.3, -0.25) is 0 Å². The van der Waals surface area contributed by atoms with E-state index in [9.17, 15) is 5.11 Å². The monoisotopic (exact) mass is 308 g/mol. The van der Waals surface area contributed by atoms with Gasteiger partial charge >= 0.3 is 0 Å². The van der Waals surface area contributed by atoms with Gasteiger partial charge in [0.1, 0.15) is 0 Å². The first-order valence-electron chi connectivity index (χ1n) is 6.63. The third kappa shape index (κ3) is 4.24. The molecule has 2 rings (SSSR count). The minimum atomic E-state index is -0.466. The predicted octanol–water partition coefficient (Wildman–Crippen LogP) is 4.76. The maximum Gasteiger partial charge on any atom is 0.0621 e. The smallest absolute Gasteiger partial charge is 0.0621 e. The number of aliphatic hydroxyl groups excluding tert-OH is 1. The molecule has 2 aromatic carbocycles. The van der Waals surface area contributed by atoms with Crippen molar-refractivity contribution in [2.24, 2.45) is 0 Å². The Morgan fingerprint density at radius 2 is 1.60 bits per heavy atom. The minimum Gasteiger partial charge on any atom is -0.392 e. The van der Waals surface area contributed by atoms with Gasteiger partial charge in [-0.2, -0.15) is 0 Å². The first kappa shape index (κ1) is 15.4. The number of hydrogen-bond acceptors (Lipinski definition) is 1. The molecule has 0 bridgehead atoms. The number of hydrogen-bond donors (Lipinski definition) is 1. The van der Waals surface area contributed by atoms with Crippen molar-refractivity contribution in [2.75, 3.05) is 0 Å². The third-order valence-corrected chi connectivity index (χ3v) is 3.82. The van der Waals surface area contributed by atoms with Gasteiger partial charge in [0.25, 0.3) is 0 Å². The van der Waals surface area contributed by atoms with Gasteiger partial charge in [0.2, 0.25) is 0 Å². The van der Waals surface area contributed by atoms with E-state index in [1.165, 1.54) is 11.1 Å². The van der Waals surface area contributed by atoms with Crippen LogP contribution < -0.4 is 0 Å². The molecule has 0 aliphatic heterocycles. The van der Waals surface area contributed by atoms with Gasteiger partial charge in [0, 0.05) is 16.5 Å². The molecule has 20 heavy (non-hydrogen) atoms. The summed E-state index contributed by atoms with van der Waals surface area (Å²) in [7, 11) is 0. The third-order valence-electron chi connectivity index (χ3n) is 3.22. The van der Waals surface area contributed by atoms with E-state index in [-0.39, 0.29) is 0 Å². The van der Waals surface area contributed by atoms with Crippen LogP contribution in [0.1, 0.15) is 22.3 Å². The van der Waals surface area contributed by atoms with Crippen molar-refractivity contribution in [3.63, 3.8) is 0 Å². The van der Waals surface area contributed by atoms with Gasteiger partial charge in [-0.25, -0.2) is 0 Å². The van der Waals surface area contributed by atoms with E-state index in [1.54, 1.807) is 12.1 Å². The fourth-order valence-corrected chi connectivity index (χ4v) is 2.87. The fourth-order valence-electron chi connectivity index (χ4n) is 2.48. The molecule has 106 valence electrons. The number of rotatable bonds is 4. The predicted molar refractivity (Wildman–Crippen MR) is 85.8 cm³/mol. The molecule has 1 nitrogen and oxygen atoms in total. The maximum absolute atomic E-state index is 10.3. The summed E-state index contributed by atoms with van der Waals surface area (Å²) >= 11 is 12.1. The lowest BCUT2D eigenvalue weighted by atomic mass is 9.98. The second kappa shape index (κ2) is 6.62. The number of benzene rings is 2. The normalized spacial score (nSPS) is 12.4. The van der Waals surface area contributed by atoms with Crippen LogP contribution in [0.4, 0.5) is 0 Å². The molecule has 2 aromatic rings. The van der Waals surface area contributed by atoms with E-state index in [4.69, 9.17) is 23.2 Å². The summed E-state index contributed by atoms with van der Waals surface area (Å²) in [6, 6.07) is 11.7. The molecule has 1 atom stereocenters. The van der Waals surface area contributed by atoms with Gasteiger partial charge in [0.05, 0.1) is 6.10 Å². The Hall–Kier alpha value is -1.02. The highest BCUT2D eigenvalue weighted by Crippen LogP contribution is 2.23. The van der Waals surface area contributed by atoms with Crippen LogP contribution in [-0.2, 0) is 12.8 Å². The van der Waals surface area contributed by atoms with Crippen molar-refractivity contribution in [1.29, 1.82) is 0 Å². The van der Waals surface area contributed by atoms with Crippen LogP contribution in [0, 0.1) is 13.8 Å². The van der Waals surface area contributed by atoms with Crippen LogP contribution in [0.2, 0.25) is 10.0 Å². The molecule has 0 spiro atoms. The second-order valence-electron chi connectivity index (χ2n) is 5.29. The molecule has 0 aromatic heterocycles. The molecular formula is C17H18Cl2O. The van der Waals surface area contributed by atoms with E-state index in [1.807, 2.05) is 6.07 Å². The second-order valence-corrected chi connectivity index (χ2v) is 6.14. The summed E-state index contributed by atoms with van der Waals surface area (Å²) in [5.41, 5.74) is 4.46. The number of halogens is 2. The lowest BCUT2D eigenvalue weighted by Crippen LogP contribution is -2.14. The first-order valence-corrected chi connectivity index (χ1v) is 7.39. The topological polar surface area (TPSA) is 20.2 Å². The summed E-state index contributed by atoms with van der Waals surface area (Å²) in [4.78, 5) is 0. The lowest BCUT2D eigenvalue weighted by Gasteiger charge is -2.13. The SMILES string of the molecule is Cc1cc(C)cc(CC(O)Cc2cc(Cl)ccc2Cl)c1. The van der Waals surface area contributed by atoms with Crippen molar-refractivity contribution in [3.8, 4) is 0 Å². The highest BCUT2D eigenvalue weighted by Gasteiger charge is 2.10. The van der Waals surface area contributed by atoms with Crippen LogP contribution in [0.15, 0.2) is 36.4 Å². The van der Waals surface area contributed by atoms with Gasteiger partial charge in [0.15, 0.2) is 0 Å². The highest BCUT2D eigenvalue weighted by molar-refractivity contribution is 6.33. The summed E-state index contributed by atoms with van der Waals surface area (Å²) in [6.45, 7) is 4.13. The van der Waals surface area contributed by atoms with Crippen LogP contribution in [0.5, 0.6) is 0 Å². The Balaban J connectivity index is 2.08. The molecule has 1 unspecified atom stereocenters. The zero-order valence-electron chi connectivity index (χ0n) is 11.7. The Kier molecular flexibility index (Phi) is 5.09. The van der Waals surface area contributed by atoms with Crippen molar-refractivity contribution in [1.82, 2.24) is 0 Å². The summed E-state index contributed by atoms with van der Waals surface area (Å²) in [6.07, 6.45) is 0.657. The molecule has 0 fully saturated rings. The van der Waals surface area contributed by atoms with E-state index < -0.39 is 6.10 Å². The molecule has 0 aliphatic rings. The lowest BCUT2D eigenvalue weighted by molar-refractivity contribution is 0.175. The molecule has 0 radical (unpaired) electrons. The standard InChI is InChI=1S/C17H18Cl2O/c1-11-5-12(2)7-13(6-11)8-16(20)10-14-9-15(18)3-4-17(14)19/h3-7,9,16,20H,8,10H2,1-2H3. The van der Waals surface area contributed by atoms with Crippen molar-refractivity contribution in [3.05, 3.63) is 68.7 Å². The zero-order chi connectivity index (χ0) is 14.7. The van der Waals surface area contributed by atoms with E-state index >= 15 is 0 Å². The van der Waals surface area contributed by atoms with Gasteiger partial charge in [-0.1, -0.05) is 52.5 Å². The molecule has 0 saturated heterocycles. The fraction of sp³-hybridized carbons (Fsp3) is 0.294. The maximum atomic E-state index is 10.3. The molecule has 0 aliphatic carbocycles. The molecule has 1 N–H and O–H groups in total. The van der Waals surface area contributed by atoms with Gasteiger partial charge in [-0.15, -0.1) is 0 Å². The number of aliphatic hydroxyl groups is 1. The Bertz CT molecular complexity index is 588. The molecule has 0 amide bonds. The van der Waals surface area contributed by atoms with Crippen LogP contribution in [-0.4, -0.2) is 11.2 Å². The summed E-state index contributed by atoms with van der Waals surface area (Å²) in [5, 5.41) is 11.5. The highest BCUT2D eigenvalue weighted by atomic mass is 35.5. The van der Waals surface area contributed by atoms with Crippen molar-refractivity contribution < 1.29 is 5.11 Å².